The molecule has 5 rings (SSSR count). The van der Waals surface area contributed by atoms with E-state index in [1.807, 2.05) is 0 Å². The number of amides is 1. The van der Waals surface area contributed by atoms with Gasteiger partial charge in [0, 0.05) is 35.9 Å². The standard InChI is InChI=1S/C21H20Cl2F2N4O2/c22-13-7-11(15-2-5-29(27-15)20(24)25)17-12-8-21(4-6-28(10-21)16(31)9-30)3-1-14(12)26-19(17)18(13)23/h2,5,7,20,26,30H,1,3-4,6,8-10H2/t21-/m1/s1. The van der Waals surface area contributed by atoms with E-state index in [0.717, 1.165) is 42.3 Å². The fourth-order valence-corrected chi connectivity index (χ4v) is 5.48. The number of fused-ring (bicyclic) bond motifs is 3. The molecule has 0 unspecified atom stereocenters. The lowest BCUT2D eigenvalue weighted by molar-refractivity contribution is -0.133. The summed E-state index contributed by atoms with van der Waals surface area (Å²) in [6.07, 6.45) is 4.50. The molecule has 2 aliphatic rings. The minimum atomic E-state index is -2.73. The van der Waals surface area contributed by atoms with Gasteiger partial charge in [-0.2, -0.15) is 13.9 Å². The number of H-pyrrole nitrogens is 1. The lowest BCUT2D eigenvalue weighted by atomic mass is 9.72. The Labute approximate surface area is 186 Å². The van der Waals surface area contributed by atoms with Crippen molar-refractivity contribution >= 4 is 40.0 Å². The van der Waals surface area contributed by atoms with Crippen LogP contribution in [-0.4, -0.2) is 50.4 Å². The molecule has 2 N–H and O–H groups in total. The van der Waals surface area contributed by atoms with E-state index in [0.29, 0.717) is 44.6 Å². The molecule has 2 aromatic heterocycles. The molecule has 10 heteroatoms. The average Bonchev–Trinajstić information content (AvgIpc) is 3.48. The SMILES string of the molecule is O=C(CO)N1CC[C@@]2(CCc3[nH]c4c(Cl)c(Cl)cc(-c5ccn(C(F)F)n5)c4c3C2)C1. The highest BCUT2D eigenvalue weighted by molar-refractivity contribution is 6.45. The van der Waals surface area contributed by atoms with E-state index in [1.54, 1.807) is 17.0 Å². The van der Waals surface area contributed by atoms with Gasteiger partial charge in [-0.1, -0.05) is 23.2 Å². The number of aryl methyl sites for hydroxylation is 1. The van der Waals surface area contributed by atoms with Crippen LogP contribution >= 0.6 is 23.2 Å². The molecule has 164 valence electrons. The predicted octanol–water partition coefficient (Wildman–Crippen LogP) is 4.43. The van der Waals surface area contributed by atoms with E-state index in [2.05, 4.69) is 10.1 Å². The lowest BCUT2D eigenvalue weighted by Crippen LogP contribution is -2.36. The molecule has 1 aromatic carbocycles. The van der Waals surface area contributed by atoms with E-state index in [4.69, 9.17) is 23.2 Å². The van der Waals surface area contributed by atoms with Crippen LogP contribution in [0.5, 0.6) is 0 Å². The van der Waals surface area contributed by atoms with Gasteiger partial charge in [-0.25, -0.2) is 4.68 Å². The van der Waals surface area contributed by atoms with Crippen molar-refractivity contribution in [2.24, 2.45) is 5.41 Å². The Morgan fingerprint density at radius 1 is 1.35 bits per heavy atom. The first-order chi connectivity index (χ1) is 14.8. The van der Waals surface area contributed by atoms with Gasteiger partial charge in [-0.15, -0.1) is 0 Å². The zero-order chi connectivity index (χ0) is 21.9. The highest BCUT2D eigenvalue weighted by atomic mass is 35.5. The minimum Gasteiger partial charge on any atom is -0.387 e. The topological polar surface area (TPSA) is 74.2 Å². The summed E-state index contributed by atoms with van der Waals surface area (Å²) in [5.41, 5.74) is 3.76. The van der Waals surface area contributed by atoms with Gasteiger partial charge in [0.15, 0.2) is 0 Å². The number of aliphatic hydroxyl groups is 1. The van der Waals surface area contributed by atoms with E-state index in [9.17, 15) is 18.7 Å². The summed E-state index contributed by atoms with van der Waals surface area (Å²) in [6, 6.07) is 3.22. The van der Waals surface area contributed by atoms with Gasteiger partial charge in [0.25, 0.3) is 0 Å². The summed E-state index contributed by atoms with van der Waals surface area (Å²) in [7, 11) is 0. The predicted molar refractivity (Wildman–Crippen MR) is 114 cm³/mol. The second kappa shape index (κ2) is 7.46. The van der Waals surface area contributed by atoms with E-state index in [-0.39, 0.29) is 11.3 Å². The van der Waals surface area contributed by atoms with Crippen molar-refractivity contribution in [1.29, 1.82) is 0 Å². The number of halogens is 4. The first-order valence-corrected chi connectivity index (χ1v) is 10.8. The molecule has 3 aromatic rings. The van der Waals surface area contributed by atoms with Gasteiger partial charge in [-0.3, -0.25) is 4.79 Å². The molecule has 1 fully saturated rings. The molecule has 1 saturated heterocycles. The van der Waals surface area contributed by atoms with E-state index < -0.39 is 13.2 Å². The molecular formula is C21H20Cl2F2N4O2. The first-order valence-electron chi connectivity index (χ1n) is 10.1. The summed E-state index contributed by atoms with van der Waals surface area (Å²) in [5.74, 6) is -0.255. The van der Waals surface area contributed by atoms with Crippen molar-refractivity contribution < 1.29 is 18.7 Å². The number of carbonyl (C=O) groups excluding carboxylic acids is 1. The van der Waals surface area contributed by atoms with Crippen molar-refractivity contribution in [3.8, 4) is 11.3 Å². The smallest absolute Gasteiger partial charge is 0.333 e. The van der Waals surface area contributed by atoms with Crippen LogP contribution in [0.2, 0.25) is 10.0 Å². The largest absolute Gasteiger partial charge is 0.387 e. The number of hydrogen-bond donors (Lipinski definition) is 2. The maximum atomic E-state index is 13.1. The van der Waals surface area contributed by atoms with Crippen molar-refractivity contribution in [3.05, 3.63) is 39.6 Å². The van der Waals surface area contributed by atoms with Gasteiger partial charge in [-0.05, 0) is 48.8 Å². The molecule has 1 spiro atoms. The molecule has 6 nitrogen and oxygen atoms in total. The quantitative estimate of drug-likeness (QED) is 0.596. The van der Waals surface area contributed by atoms with Gasteiger partial charge >= 0.3 is 6.55 Å². The second-order valence-corrected chi connectivity index (χ2v) is 9.20. The Kier molecular flexibility index (Phi) is 4.99. The number of benzene rings is 1. The summed E-state index contributed by atoms with van der Waals surface area (Å²) >= 11 is 12.9. The maximum Gasteiger partial charge on any atom is 0.333 e. The Hall–Kier alpha value is -2.16. The molecule has 0 radical (unpaired) electrons. The first kappa shape index (κ1) is 20.7. The van der Waals surface area contributed by atoms with Crippen LogP contribution in [0.4, 0.5) is 8.78 Å². The van der Waals surface area contributed by atoms with Crippen molar-refractivity contribution in [2.45, 2.75) is 32.2 Å². The number of carbonyl (C=O) groups is 1. The zero-order valence-corrected chi connectivity index (χ0v) is 18.0. The van der Waals surface area contributed by atoms with Gasteiger partial charge in [0.05, 0.1) is 21.3 Å². The normalized spacial score (nSPS) is 20.9. The van der Waals surface area contributed by atoms with Crippen molar-refractivity contribution in [2.75, 3.05) is 19.7 Å². The minimum absolute atomic E-state index is 0.0847. The van der Waals surface area contributed by atoms with E-state index >= 15 is 0 Å². The average molecular weight is 469 g/mol. The Bertz CT molecular complexity index is 1190. The lowest BCUT2D eigenvalue weighted by Gasteiger charge is -2.33. The van der Waals surface area contributed by atoms with Crippen LogP contribution < -0.4 is 0 Å². The fraction of sp³-hybridized carbons (Fsp3) is 0.429. The van der Waals surface area contributed by atoms with Gasteiger partial charge < -0.3 is 15.0 Å². The molecule has 1 atom stereocenters. The third kappa shape index (κ3) is 3.32. The third-order valence-corrected chi connectivity index (χ3v) is 7.42. The van der Waals surface area contributed by atoms with Crippen LogP contribution in [0, 0.1) is 5.41 Å². The van der Waals surface area contributed by atoms with Crippen LogP contribution in [0.25, 0.3) is 22.2 Å². The summed E-state index contributed by atoms with van der Waals surface area (Å²) < 4.78 is 26.8. The summed E-state index contributed by atoms with van der Waals surface area (Å²) in [4.78, 5) is 17.1. The highest BCUT2D eigenvalue weighted by Gasteiger charge is 2.43. The fourth-order valence-electron chi connectivity index (χ4n) is 5.08. The van der Waals surface area contributed by atoms with Gasteiger partial charge in [0.1, 0.15) is 6.61 Å². The molecule has 31 heavy (non-hydrogen) atoms. The molecular weight excluding hydrogens is 449 g/mol. The number of aliphatic hydroxyl groups excluding tert-OH is 1. The zero-order valence-electron chi connectivity index (χ0n) is 16.5. The maximum absolute atomic E-state index is 13.1. The van der Waals surface area contributed by atoms with E-state index in [1.165, 1.54) is 6.20 Å². The number of likely N-dealkylation sites (tertiary alicyclic amines) is 1. The Balaban J connectivity index is 1.62. The number of nitrogens with zero attached hydrogens (tertiary/aromatic N) is 3. The number of rotatable bonds is 3. The molecule has 0 bridgehead atoms. The van der Waals surface area contributed by atoms with Crippen LogP contribution in [0.3, 0.4) is 0 Å². The van der Waals surface area contributed by atoms with Gasteiger partial charge in [0.2, 0.25) is 5.91 Å². The summed E-state index contributed by atoms with van der Waals surface area (Å²) in [6.45, 7) is -2.01. The molecule has 3 heterocycles. The van der Waals surface area contributed by atoms with Crippen molar-refractivity contribution in [3.63, 3.8) is 0 Å². The Morgan fingerprint density at radius 2 is 2.16 bits per heavy atom. The number of alkyl halides is 2. The highest BCUT2D eigenvalue weighted by Crippen LogP contribution is 2.48. The van der Waals surface area contributed by atoms with Crippen molar-refractivity contribution in [1.82, 2.24) is 19.7 Å². The number of aromatic nitrogens is 3. The molecule has 1 aliphatic heterocycles. The molecule has 1 amide bonds. The van der Waals surface area contributed by atoms with Crippen LogP contribution in [0.15, 0.2) is 18.3 Å². The number of aromatic amines is 1. The number of hydrogen-bond acceptors (Lipinski definition) is 3. The van der Waals surface area contributed by atoms with Crippen LogP contribution in [0.1, 0.15) is 30.6 Å². The molecule has 0 saturated carbocycles. The Morgan fingerprint density at radius 3 is 2.87 bits per heavy atom. The number of nitrogens with one attached hydrogen (secondary N) is 1. The van der Waals surface area contributed by atoms with Crippen LogP contribution in [-0.2, 0) is 17.6 Å². The summed E-state index contributed by atoms with van der Waals surface area (Å²) in [5, 5.41) is 14.8. The molecule has 1 aliphatic carbocycles. The monoisotopic (exact) mass is 468 g/mol. The second-order valence-electron chi connectivity index (χ2n) is 8.41. The third-order valence-electron chi connectivity index (χ3n) is 6.63.